The summed E-state index contributed by atoms with van der Waals surface area (Å²) in [6, 6.07) is 6.27. The first-order chi connectivity index (χ1) is 11.6. The summed E-state index contributed by atoms with van der Waals surface area (Å²) in [5, 5.41) is 2.64. The number of nitrogens with one attached hydrogen (secondary N) is 2. The predicted octanol–water partition coefficient (Wildman–Crippen LogP) is 3.92. The smallest absolute Gasteiger partial charge is 0.240 e. The number of carbonyl (C=O) groups is 1. The minimum atomic E-state index is -3.53. The fourth-order valence-corrected chi connectivity index (χ4v) is 4.79. The van der Waals surface area contributed by atoms with Gasteiger partial charge in [0.2, 0.25) is 15.9 Å². The lowest BCUT2D eigenvalue weighted by Gasteiger charge is -2.39. The Balaban J connectivity index is 1.97. The van der Waals surface area contributed by atoms with Gasteiger partial charge in [0.15, 0.2) is 0 Å². The van der Waals surface area contributed by atoms with Crippen molar-refractivity contribution in [2.75, 3.05) is 5.32 Å². The monoisotopic (exact) mass is 366 g/mol. The van der Waals surface area contributed by atoms with Crippen LogP contribution in [0.1, 0.15) is 59.8 Å². The number of sulfonamides is 1. The predicted molar refractivity (Wildman–Crippen MR) is 101 cm³/mol. The standard InChI is InChI=1S/C19H30N2O3S/c1-5-19(3,4)15-6-8-17(9-7-15)21-25(23,24)18-12-10-16(11-13-18)20-14(2)22/h10-13,15,17,21H,5-9H2,1-4H3,(H,20,22). The van der Waals surface area contributed by atoms with E-state index in [0.717, 1.165) is 32.1 Å². The lowest BCUT2D eigenvalue weighted by molar-refractivity contribution is -0.114. The van der Waals surface area contributed by atoms with Crippen LogP contribution >= 0.6 is 0 Å². The Morgan fingerprint density at radius 3 is 2.16 bits per heavy atom. The topological polar surface area (TPSA) is 75.3 Å². The third kappa shape index (κ3) is 5.28. The van der Waals surface area contributed by atoms with E-state index in [4.69, 9.17) is 0 Å². The van der Waals surface area contributed by atoms with Crippen molar-refractivity contribution in [1.82, 2.24) is 4.72 Å². The van der Waals surface area contributed by atoms with E-state index in [1.807, 2.05) is 0 Å². The molecule has 0 spiro atoms. The summed E-state index contributed by atoms with van der Waals surface area (Å²) in [6.45, 7) is 8.25. The average Bonchev–Trinajstić information content (AvgIpc) is 2.55. The maximum atomic E-state index is 12.6. The normalized spacial score (nSPS) is 21.8. The van der Waals surface area contributed by atoms with Gasteiger partial charge in [-0.2, -0.15) is 0 Å². The highest BCUT2D eigenvalue weighted by molar-refractivity contribution is 7.89. The van der Waals surface area contributed by atoms with Crippen molar-refractivity contribution in [3.8, 4) is 0 Å². The van der Waals surface area contributed by atoms with E-state index < -0.39 is 10.0 Å². The summed E-state index contributed by atoms with van der Waals surface area (Å²) < 4.78 is 28.0. The van der Waals surface area contributed by atoms with Crippen LogP contribution in [0, 0.1) is 11.3 Å². The highest BCUT2D eigenvalue weighted by Crippen LogP contribution is 2.40. The summed E-state index contributed by atoms with van der Waals surface area (Å²) in [4.78, 5) is 11.3. The summed E-state index contributed by atoms with van der Waals surface area (Å²) >= 11 is 0. The van der Waals surface area contributed by atoms with Gasteiger partial charge in [-0.3, -0.25) is 4.79 Å². The van der Waals surface area contributed by atoms with Gasteiger partial charge in [-0.05, 0) is 61.3 Å². The van der Waals surface area contributed by atoms with Gasteiger partial charge in [0.05, 0.1) is 4.90 Å². The maximum Gasteiger partial charge on any atom is 0.240 e. The zero-order valence-corrected chi connectivity index (χ0v) is 16.4. The number of hydrogen-bond donors (Lipinski definition) is 2. The van der Waals surface area contributed by atoms with E-state index in [1.54, 1.807) is 12.1 Å². The molecule has 0 bridgehead atoms. The van der Waals surface area contributed by atoms with Crippen molar-refractivity contribution in [1.29, 1.82) is 0 Å². The minimum Gasteiger partial charge on any atom is -0.326 e. The number of benzene rings is 1. The molecule has 0 unspecified atom stereocenters. The molecule has 0 heterocycles. The second-order valence-corrected chi connectivity index (χ2v) is 9.43. The Labute approximate surface area is 151 Å². The van der Waals surface area contributed by atoms with Gasteiger partial charge in [-0.15, -0.1) is 0 Å². The second-order valence-electron chi connectivity index (χ2n) is 7.72. The molecular formula is C19H30N2O3S. The molecule has 0 aromatic heterocycles. The van der Waals surface area contributed by atoms with Crippen LogP contribution in [0.2, 0.25) is 0 Å². The Morgan fingerprint density at radius 2 is 1.68 bits per heavy atom. The Bertz CT molecular complexity index is 688. The van der Waals surface area contributed by atoms with E-state index in [-0.39, 0.29) is 16.8 Å². The molecule has 1 aromatic rings. The maximum absolute atomic E-state index is 12.6. The molecule has 5 nitrogen and oxygen atoms in total. The Hall–Kier alpha value is -1.40. The van der Waals surface area contributed by atoms with E-state index >= 15 is 0 Å². The van der Waals surface area contributed by atoms with Gasteiger partial charge >= 0.3 is 0 Å². The Kier molecular flexibility index (Phi) is 6.27. The van der Waals surface area contributed by atoms with Gasteiger partial charge in [0.25, 0.3) is 0 Å². The summed E-state index contributed by atoms with van der Waals surface area (Å²) in [5.74, 6) is 0.482. The zero-order chi connectivity index (χ0) is 18.7. The second kappa shape index (κ2) is 7.87. The molecule has 1 aromatic carbocycles. The average molecular weight is 367 g/mol. The number of amides is 1. The highest BCUT2D eigenvalue weighted by atomic mass is 32.2. The molecule has 140 valence electrons. The van der Waals surface area contributed by atoms with Gasteiger partial charge in [0.1, 0.15) is 0 Å². The van der Waals surface area contributed by atoms with Crippen LogP contribution in [0.3, 0.4) is 0 Å². The van der Waals surface area contributed by atoms with E-state index in [9.17, 15) is 13.2 Å². The molecule has 1 fully saturated rings. The van der Waals surface area contributed by atoms with Crippen LogP contribution in [0.4, 0.5) is 5.69 Å². The fraction of sp³-hybridized carbons (Fsp3) is 0.632. The SMILES string of the molecule is CCC(C)(C)C1CCC(NS(=O)(=O)c2ccc(NC(C)=O)cc2)CC1. The van der Waals surface area contributed by atoms with Crippen LogP contribution in [-0.2, 0) is 14.8 Å². The van der Waals surface area contributed by atoms with Gasteiger partial charge in [-0.25, -0.2) is 13.1 Å². The number of hydrogen-bond acceptors (Lipinski definition) is 3. The van der Waals surface area contributed by atoms with Crippen LogP contribution in [0.15, 0.2) is 29.2 Å². The van der Waals surface area contributed by atoms with Crippen molar-refractivity contribution < 1.29 is 13.2 Å². The molecule has 1 amide bonds. The molecule has 0 aliphatic heterocycles. The number of rotatable bonds is 6. The van der Waals surface area contributed by atoms with Crippen LogP contribution < -0.4 is 10.0 Å². The quantitative estimate of drug-likeness (QED) is 0.801. The molecule has 1 saturated carbocycles. The molecule has 0 atom stereocenters. The fourth-order valence-electron chi connectivity index (χ4n) is 3.49. The highest BCUT2D eigenvalue weighted by Gasteiger charge is 2.33. The molecular weight excluding hydrogens is 336 g/mol. The van der Waals surface area contributed by atoms with Gasteiger partial charge in [0, 0.05) is 18.7 Å². The largest absolute Gasteiger partial charge is 0.326 e. The summed E-state index contributed by atoms with van der Waals surface area (Å²) in [7, 11) is -3.53. The first-order valence-electron chi connectivity index (χ1n) is 9.04. The third-order valence-corrected chi connectivity index (χ3v) is 7.09. The molecule has 25 heavy (non-hydrogen) atoms. The molecule has 0 radical (unpaired) electrons. The first-order valence-corrected chi connectivity index (χ1v) is 10.5. The van der Waals surface area contributed by atoms with E-state index in [0.29, 0.717) is 17.0 Å². The Morgan fingerprint density at radius 1 is 1.12 bits per heavy atom. The number of carbonyl (C=O) groups excluding carboxylic acids is 1. The molecule has 2 N–H and O–H groups in total. The molecule has 2 rings (SSSR count). The van der Waals surface area contributed by atoms with Crippen molar-refractivity contribution in [2.24, 2.45) is 11.3 Å². The first kappa shape index (κ1) is 19.9. The van der Waals surface area contributed by atoms with Crippen LogP contribution in [0.25, 0.3) is 0 Å². The van der Waals surface area contributed by atoms with Crippen LogP contribution in [0.5, 0.6) is 0 Å². The van der Waals surface area contributed by atoms with Crippen molar-refractivity contribution in [2.45, 2.75) is 70.7 Å². The molecule has 6 heteroatoms. The molecule has 0 saturated heterocycles. The van der Waals surface area contributed by atoms with Crippen molar-refractivity contribution in [3.05, 3.63) is 24.3 Å². The van der Waals surface area contributed by atoms with E-state index in [2.05, 4.69) is 30.8 Å². The van der Waals surface area contributed by atoms with Gasteiger partial charge in [-0.1, -0.05) is 27.2 Å². The lowest BCUT2D eigenvalue weighted by atomic mass is 9.69. The zero-order valence-electron chi connectivity index (χ0n) is 15.6. The van der Waals surface area contributed by atoms with E-state index in [1.165, 1.54) is 19.1 Å². The molecule has 1 aliphatic carbocycles. The van der Waals surface area contributed by atoms with Crippen molar-refractivity contribution in [3.63, 3.8) is 0 Å². The third-order valence-electron chi connectivity index (χ3n) is 5.55. The molecule has 1 aliphatic rings. The van der Waals surface area contributed by atoms with Crippen LogP contribution in [-0.4, -0.2) is 20.4 Å². The van der Waals surface area contributed by atoms with Crippen molar-refractivity contribution >= 4 is 21.6 Å². The minimum absolute atomic E-state index is 0.00364. The summed E-state index contributed by atoms with van der Waals surface area (Å²) in [5.41, 5.74) is 0.914. The van der Waals surface area contributed by atoms with Gasteiger partial charge < -0.3 is 5.32 Å². The lowest BCUT2D eigenvalue weighted by Crippen LogP contribution is -2.39. The summed E-state index contributed by atoms with van der Waals surface area (Å²) in [6.07, 6.45) is 5.05. The number of anilines is 1.